The monoisotopic (exact) mass is 406 g/mol. The summed E-state index contributed by atoms with van der Waals surface area (Å²) in [6.45, 7) is -0.919. The Morgan fingerprint density at radius 2 is 1.82 bits per heavy atom. The number of aliphatic hydroxyl groups is 6. The molecule has 2 aliphatic heterocycles. The van der Waals surface area contributed by atoms with Gasteiger partial charge in [0.2, 0.25) is 6.29 Å². The van der Waals surface area contributed by atoms with Crippen LogP contribution in [-0.4, -0.2) is 100 Å². The Balaban J connectivity index is 1.83. The lowest BCUT2D eigenvalue weighted by Gasteiger charge is -2.43. The summed E-state index contributed by atoms with van der Waals surface area (Å²) in [6, 6.07) is 0. The number of methoxy groups -OCH3 is 1. The molecule has 3 rings (SSSR count). The highest BCUT2D eigenvalue weighted by Crippen LogP contribution is 2.47. The SMILES string of the molecule is COC(=O)C1=CO[C@@H](O[C@@H]2O[C@H](CO)[C@@H](O)[C@H](O)[C@H]2O)[C@@H]2[C@@H](CO)C[C@H](O)[C@H]12. The highest BCUT2D eigenvalue weighted by molar-refractivity contribution is 5.89. The third-order valence-corrected chi connectivity index (χ3v) is 5.69. The minimum absolute atomic E-state index is 0.101. The van der Waals surface area contributed by atoms with E-state index in [9.17, 15) is 35.4 Å². The van der Waals surface area contributed by atoms with E-state index in [0.29, 0.717) is 0 Å². The topological polar surface area (TPSA) is 175 Å². The lowest BCUT2D eigenvalue weighted by atomic mass is 9.82. The Morgan fingerprint density at radius 1 is 1.11 bits per heavy atom. The van der Waals surface area contributed by atoms with E-state index in [1.807, 2.05) is 0 Å². The summed E-state index contributed by atoms with van der Waals surface area (Å²) < 4.78 is 21.2. The molecule has 0 bridgehead atoms. The number of rotatable bonds is 5. The summed E-state index contributed by atoms with van der Waals surface area (Å²) in [5, 5.41) is 59.3. The van der Waals surface area contributed by atoms with Crippen molar-refractivity contribution in [1.82, 2.24) is 0 Å². The highest BCUT2D eigenvalue weighted by atomic mass is 16.8. The summed E-state index contributed by atoms with van der Waals surface area (Å²) in [5.74, 6) is -2.54. The molecule has 28 heavy (non-hydrogen) atoms. The van der Waals surface area contributed by atoms with E-state index < -0.39 is 73.4 Å². The number of carbonyl (C=O) groups excluding carboxylic acids is 1. The Bertz CT molecular complexity index is 594. The molecule has 10 atom stereocenters. The molecule has 0 radical (unpaired) electrons. The van der Waals surface area contributed by atoms with Gasteiger partial charge in [0.05, 0.1) is 31.7 Å². The highest BCUT2D eigenvalue weighted by Gasteiger charge is 2.54. The molecule has 1 aliphatic carbocycles. The van der Waals surface area contributed by atoms with E-state index in [1.165, 1.54) is 7.11 Å². The van der Waals surface area contributed by atoms with Gasteiger partial charge in [-0.25, -0.2) is 4.79 Å². The minimum Gasteiger partial charge on any atom is -0.472 e. The van der Waals surface area contributed by atoms with Gasteiger partial charge < -0.3 is 49.6 Å². The van der Waals surface area contributed by atoms with Crippen molar-refractivity contribution in [3.8, 4) is 0 Å². The molecule has 1 saturated heterocycles. The number of hydrogen-bond acceptors (Lipinski definition) is 11. The van der Waals surface area contributed by atoms with Crippen molar-refractivity contribution in [1.29, 1.82) is 0 Å². The summed E-state index contributed by atoms with van der Waals surface area (Å²) in [5.41, 5.74) is 0.101. The Labute approximate surface area is 160 Å². The van der Waals surface area contributed by atoms with Gasteiger partial charge in [-0.1, -0.05) is 0 Å². The first-order valence-corrected chi connectivity index (χ1v) is 9.02. The fourth-order valence-corrected chi connectivity index (χ4v) is 4.21. The predicted octanol–water partition coefficient (Wildman–Crippen LogP) is -3.18. The lowest BCUT2D eigenvalue weighted by Crippen LogP contribution is -2.60. The molecule has 6 N–H and O–H groups in total. The van der Waals surface area contributed by atoms with E-state index >= 15 is 0 Å². The number of esters is 1. The average molecular weight is 406 g/mol. The Morgan fingerprint density at radius 3 is 2.43 bits per heavy atom. The molecule has 1 saturated carbocycles. The molecule has 2 heterocycles. The fraction of sp³-hybridized carbons (Fsp3) is 0.824. The fourth-order valence-electron chi connectivity index (χ4n) is 4.21. The molecular formula is C17H26O11. The first-order chi connectivity index (χ1) is 13.3. The zero-order chi connectivity index (χ0) is 20.6. The van der Waals surface area contributed by atoms with Crippen molar-refractivity contribution in [2.24, 2.45) is 17.8 Å². The normalized spacial score (nSPS) is 45.8. The van der Waals surface area contributed by atoms with Crippen molar-refractivity contribution in [2.45, 2.75) is 49.5 Å². The van der Waals surface area contributed by atoms with Crippen LogP contribution in [0.1, 0.15) is 6.42 Å². The van der Waals surface area contributed by atoms with Crippen LogP contribution in [-0.2, 0) is 23.7 Å². The van der Waals surface area contributed by atoms with Gasteiger partial charge in [-0.2, -0.15) is 0 Å². The number of hydrogen-bond donors (Lipinski definition) is 6. The van der Waals surface area contributed by atoms with E-state index in [4.69, 9.17) is 18.9 Å². The molecular weight excluding hydrogens is 380 g/mol. The smallest absolute Gasteiger partial charge is 0.337 e. The second-order valence-electron chi connectivity index (χ2n) is 7.25. The zero-order valence-electron chi connectivity index (χ0n) is 15.2. The number of ether oxygens (including phenoxy) is 4. The first kappa shape index (κ1) is 21.4. The summed E-state index contributed by atoms with van der Waals surface area (Å²) in [4.78, 5) is 12.0. The van der Waals surface area contributed by atoms with Gasteiger partial charge in [0.25, 0.3) is 0 Å². The standard InChI is InChI=1S/C17H26O11/c1-25-15(24)7-5-26-16(10-6(3-18)2-8(20)11(7)10)28-17-14(23)13(22)12(21)9(4-19)27-17/h5-6,8-14,16-23H,2-4H2,1H3/t6-,8+,9-,10-,11+,12-,13+,14-,16+,17+/m1/s1. The van der Waals surface area contributed by atoms with Crippen molar-refractivity contribution < 1.29 is 54.4 Å². The van der Waals surface area contributed by atoms with Gasteiger partial charge in [-0.3, -0.25) is 0 Å². The van der Waals surface area contributed by atoms with E-state index in [-0.39, 0.29) is 18.6 Å². The van der Waals surface area contributed by atoms with Crippen LogP contribution < -0.4 is 0 Å². The molecule has 0 aromatic rings. The van der Waals surface area contributed by atoms with Crippen molar-refractivity contribution in [2.75, 3.05) is 20.3 Å². The lowest BCUT2D eigenvalue weighted by molar-refractivity contribution is -0.343. The van der Waals surface area contributed by atoms with Crippen molar-refractivity contribution in [3.05, 3.63) is 11.8 Å². The third-order valence-electron chi connectivity index (χ3n) is 5.69. The Kier molecular flexibility index (Phi) is 6.57. The molecule has 160 valence electrons. The molecule has 11 nitrogen and oxygen atoms in total. The summed E-state index contributed by atoms with van der Waals surface area (Å²) in [6.07, 6.45) is -8.19. The Hall–Kier alpha value is -1.31. The maximum Gasteiger partial charge on any atom is 0.337 e. The third kappa shape index (κ3) is 3.64. The number of fused-ring (bicyclic) bond motifs is 1. The van der Waals surface area contributed by atoms with Crippen LogP contribution in [0.2, 0.25) is 0 Å². The zero-order valence-corrected chi connectivity index (χ0v) is 15.2. The average Bonchev–Trinajstić information content (AvgIpc) is 3.05. The maximum atomic E-state index is 12.0. The maximum absolute atomic E-state index is 12.0. The molecule has 3 aliphatic rings. The van der Waals surface area contributed by atoms with Crippen molar-refractivity contribution in [3.63, 3.8) is 0 Å². The quantitative estimate of drug-likeness (QED) is 0.254. The largest absolute Gasteiger partial charge is 0.472 e. The first-order valence-electron chi connectivity index (χ1n) is 9.02. The number of aliphatic hydroxyl groups excluding tert-OH is 6. The van der Waals surface area contributed by atoms with E-state index in [1.54, 1.807) is 0 Å². The van der Waals surface area contributed by atoms with Crippen LogP contribution in [0.4, 0.5) is 0 Å². The van der Waals surface area contributed by atoms with Gasteiger partial charge in [0.1, 0.15) is 24.4 Å². The van der Waals surface area contributed by atoms with Gasteiger partial charge in [0.15, 0.2) is 6.29 Å². The van der Waals surface area contributed by atoms with Crippen LogP contribution in [0.5, 0.6) is 0 Å². The van der Waals surface area contributed by atoms with Crippen LogP contribution in [0.25, 0.3) is 0 Å². The molecule has 2 fully saturated rings. The van der Waals surface area contributed by atoms with E-state index in [2.05, 4.69) is 0 Å². The van der Waals surface area contributed by atoms with Gasteiger partial charge in [0, 0.05) is 18.4 Å². The van der Waals surface area contributed by atoms with E-state index in [0.717, 1.165) is 6.26 Å². The molecule has 0 unspecified atom stereocenters. The van der Waals surface area contributed by atoms with Gasteiger partial charge >= 0.3 is 5.97 Å². The minimum atomic E-state index is -1.63. The molecule has 0 aromatic heterocycles. The summed E-state index contributed by atoms with van der Waals surface area (Å²) in [7, 11) is 1.19. The predicted molar refractivity (Wildman–Crippen MR) is 88.0 cm³/mol. The molecule has 11 heteroatoms. The van der Waals surface area contributed by atoms with Gasteiger partial charge in [-0.15, -0.1) is 0 Å². The van der Waals surface area contributed by atoms with Crippen LogP contribution >= 0.6 is 0 Å². The van der Waals surface area contributed by atoms with Crippen LogP contribution in [0, 0.1) is 17.8 Å². The molecule has 0 spiro atoms. The second-order valence-corrected chi connectivity index (χ2v) is 7.25. The summed E-state index contributed by atoms with van der Waals surface area (Å²) >= 11 is 0. The molecule has 0 aromatic carbocycles. The van der Waals surface area contributed by atoms with Gasteiger partial charge in [-0.05, 0) is 12.3 Å². The van der Waals surface area contributed by atoms with Crippen LogP contribution in [0.15, 0.2) is 11.8 Å². The van der Waals surface area contributed by atoms with Crippen LogP contribution in [0.3, 0.4) is 0 Å². The van der Waals surface area contributed by atoms with Crippen molar-refractivity contribution >= 4 is 5.97 Å². The number of carbonyl (C=O) groups is 1. The second kappa shape index (κ2) is 8.59. The molecule has 0 amide bonds.